The number of nitrogens with one attached hydrogen (secondary N) is 3. The van der Waals surface area contributed by atoms with Crippen molar-refractivity contribution in [1.29, 1.82) is 0 Å². The lowest BCUT2D eigenvalue weighted by Crippen LogP contribution is -2.50. The van der Waals surface area contributed by atoms with Gasteiger partial charge in [0.05, 0.1) is 0 Å². The van der Waals surface area contributed by atoms with E-state index in [2.05, 4.69) is 22.9 Å². The fourth-order valence-electron chi connectivity index (χ4n) is 3.83. The second-order valence-electron chi connectivity index (χ2n) is 7.91. The van der Waals surface area contributed by atoms with Crippen LogP contribution in [-0.2, 0) is 9.59 Å². The molecule has 6 amide bonds. The van der Waals surface area contributed by atoms with E-state index in [4.69, 9.17) is 0 Å². The first-order chi connectivity index (χ1) is 13.2. The van der Waals surface area contributed by atoms with Gasteiger partial charge in [-0.1, -0.05) is 24.6 Å². The first-order valence-electron chi connectivity index (χ1n) is 9.52. The largest absolute Gasteiger partial charge is 0.325 e. The van der Waals surface area contributed by atoms with Crippen LogP contribution in [0, 0.1) is 19.8 Å². The lowest BCUT2D eigenvalue weighted by Gasteiger charge is -2.33. The van der Waals surface area contributed by atoms with Crippen LogP contribution >= 0.6 is 0 Å². The Balaban J connectivity index is 1.57. The highest BCUT2D eigenvalue weighted by atomic mass is 16.2. The van der Waals surface area contributed by atoms with E-state index in [9.17, 15) is 19.2 Å². The molecular formula is C20H26N4O4. The number of rotatable bonds is 3. The third-order valence-corrected chi connectivity index (χ3v) is 5.56. The maximum atomic E-state index is 12.8. The first kappa shape index (κ1) is 19.9. The summed E-state index contributed by atoms with van der Waals surface area (Å²) in [6, 6.07) is 4.23. The minimum atomic E-state index is -0.898. The molecule has 1 aliphatic carbocycles. The van der Waals surface area contributed by atoms with Gasteiger partial charge in [0.25, 0.3) is 5.91 Å². The van der Waals surface area contributed by atoms with E-state index < -0.39 is 30.1 Å². The molecule has 1 heterocycles. The smallest absolute Gasteiger partial charge is 0.323 e. The van der Waals surface area contributed by atoms with Crippen molar-refractivity contribution in [3.05, 3.63) is 29.3 Å². The second kappa shape index (κ2) is 7.61. The van der Waals surface area contributed by atoms with Crippen molar-refractivity contribution in [3.63, 3.8) is 0 Å². The molecule has 1 saturated carbocycles. The van der Waals surface area contributed by atoms with Crippen LogP contribution in [0.4, 0.5) is 15.3 Å². The zero-order valence-corrected chi connectivity index (χ0v) is 16.4. The van der Waals surface area contributed by atoms with Crippen molar-refractivity contribution in [2.24, 2.45) is 5.92 Å². The Morgan fingerprint density at radius 2 is 1.89 bits per heavy atom. The van der Waals surface area contributed by atoms with Gasteiger partial charge in [-0.25, -0.2) is 9.59 Å². The molecule has 2 fully saturated rings. The van der Waals surface area contributed by atoms with E-state index in [1.165, 1.54) is 0 Å². The van der Waals surface area contributed by atoms with E-state index >= 15 is 0 Å². The standard InChI is InChI=1S/C20H26N4O4/c1-12-6-8-20(9-7-12)17(26)24(19(28)23-20)11-16(25)22-18(27)21-15-5-4-13(2)10-14(15)3/h4-5,10,12H,6-9,11H2,1-3H3,(H,23,28)(H2,21,22,25,27). The summed E-state index contributed by atoms with van der Waals surface area (Å²) < 4.78 is 0. The molecule has 1 aliphatic heterocycles. The number of imide groups is 2. The molecule has 28 heavy (non-hydrogen) atoms. The normalized spacial score (nSPS) is 24.2. The van der Waals surface area contributed by atoms with Crippen molar-refractivity contribution in [2.45, 2.75) is 52.0 Å². The molecule has 8 heteroatoms. The number of nitrogens with zero attached hydrogens (tertiary/aromatic N) is 1. The molecule has 150 valence electrons. The first-order valence-corrected chi connectivity index (χ1v) is 9.52. The summed E-state index contributed by atoms with van der Waals surface area (Å²) in [6.45, 7) is 5.43. The Morgan fingerprint density at radius 1 is 1.21 bits per heavy atom. The van der Waals surface area contributed by atoms with Crippen LogP contribution in [0.5, 0.6) is 0 Å². The van der Waals surface area contributed by atoms with Crippen molar-refractivity contribution in [3.8, 4) is 0 Å². The molecule has 0 unspecified atom stereocenters. The highest BCUT2D eigenvalue weighted by Crippen LogP contribution is 2.36. The van der Waals surface area contributed by atoms with E-state index in [0.717, 1.165) is 28.9 Å². The van der Waals surface area contributed by atoms with E-state index in [-0.39, 0.29) is 5.91 Å². The SMILES string of the molecule is Cc1ccc(NC(=O)NC(=O)CN2C(=O)NC3(CCC(C)CC3)C2=O)c(C)c1. The van der Waals surface area contributed by atoms with Gasteiger partial charge in [0.15, 0.2) is 0 Å². The fraction of sp³-hybridized carbons (Fsp3) is 0.500. The van der Waals surface area contributed by atoms with Crippen LogP contribution in [0.2, 0.25) is 0 Å². The minimum Gasteiger partial charge on any atom is -0.323 e. The molecule has 0 aromatic heterocycles. The number of carbonyl (C=O) groups excluding carboxylic acids is 4. The highest BCUT2D eigenvalue weighted by molar-refractivity contribution is 6.10. The molecule has 1 aromatic rings. The zero-order chi connectivity index (χ0) is 20.5. The van der Waals surface area contributed by atoms with E-state index in [1.54, 1.807) is 6.07 Å². The molecular weight excluding hydrogens is 360 g/mol. The van der Waals surface area contributed by atoms with Gasteiger partial charge in [-0.2, -0.15) is 0 Å². The van der Waals surface area contributed by atoms with Gasteiger partial charge in [-0.3, -0.25) is 19.8 Å². The zero-order valence-electron chi connectivity index (χ0n) is 16.4. The molecule has 1 spiro atoms. The Kier molecular flexibility index (Phi) is 5.40. The summed E-state index contributed by atoms with van der Waals surface area (Å²) in [4.78, 5) is 50.2. The molecule has 1 saturated heterocycles. The van der Waals surface area contributed by atoms with Crippen LogP contribution in [-0.4, -0.2) is 40.9 Å². The van der Waals surface area contributed by atoms with E-state index in [0.29, 0.717) is 24.4 Å². The quantitative estimate of drug-likeness (QED) is 0.694. The molecule has 1 aromatic carbocycles. The van der Waals surface area contributed by atoms with Crippen LogP contribution in [0.15, 0.2) is 18.2 Å². The average molecular weight is 386 g/mol. The number of hydrogen-bond acceptors (Lipinski definition) is 4. The molecule has 0 radical (unpaired) electrons. The minimum absolute atomic E-state index is 0.380. The number of carbonyl (C=O) groups is 4. The Labute approximate surface area is 164 Å². The highest BCUT2D eigenvalue weighted by Gasteiger charge is 2.52. The van der Waals surface area contributed by atoms with Gasteiger partial charge in [0, 0.05) is 5.69 Å². The number of amides is 6. The summed E-state index contributed by atoms with van der Waals surface area (Å²) in [6.07, 6.45) is 2.85. The van der Waals surface area contributed by atoms with Crippen molar-refractivity contribution >= 4 is 29.6 Å². The lowest BCUT2D eigenvalue weighted by atomic mass is 9.77. The molecule has 0 bridgehead atoms. The van der Waals surface area contributed by atoms with Gasteiger partial charge in [0.2, 0.25) is 5.91 Å². The summed E-state index contributed by atoms with van der Waals surface area (Å²) in [5.41, 5.74) is 1.61. The number of benzene rings is 1. The summed E-state index contributed by atoms with van der Waals surface area (Å²) in [5.74, 6) is -0.581. The van der Waals surface area contributed by atoms with Crippen molar-refractivity contribution in [2.75, 3.05) is 11.9 Å². The predicted molar refractivity (Wildman–Crippen MR) is 104 cm³/mol. The number of anilines is 1. The topological polar surface area (TPSA) is 108 Å². The van der Waals surface area contributed by atoms with Crippen molar-refractivity contribution < 1.29 is 19.2 Å². The Hall–Kier alpha value is -2.90. The van der Waals surface area contributed by atoms with Crippen LogP contribution in [0.1, 0.15) is 43.7 Å². The Morgan fingerprint density at radius 3 is 2.54 bits per heavy atom. The summed E-state index contributed by atoms with van der Waals surface area (Å²) >= 11 is 0. The van der Waals surface area contributed by atoms with Gasteiger partial charge < -0.3 is 10.6 Å². The average Bonchev–Trinajstić information content (AvgIpc) is 2.84. The van der Waals surface area contributed by atoms with Crippen LogP contribution < -0.4 is 16.0 Å². The predicted octanol–water partition coefficient (Wildman–Crippen LogP) is 2.45. The number of urea groups is 2. The maximum absolute atomic E-state index is 12.8. The molecule has 8 nitrogen and oxygen atoms in total. The third-order valence-electron chi connectivity index (χ3n) is 5.56. The third kappa shape index (κ3) is 4.00. The number of aryl methyl sites for hydroxylation is 2. The second-order valence-corrected chi connectivity index (χ2v) is 7.91. The Bertz CT molecular complexity index is 827. The molecule has 3 rings (SSSR count). The fourth-order valence-corrected chi connectivity index (χ4v) is 3.83. The summed E-state index contributed by atoms with van der Waals surface area (Å²) in [5, 5.41) is 7.53. The van der Waals surface area contributed by atoms with Gasteiger partial charge in [-0.05, 0) is 57.1 Å². The molecule has 0 atom stereocenters. The van der Waals surface area contributed by atoms with E-state index in [1.807, 2.05) is 26.0 Å². The molecule has 3 N–H and O–H groups in total. The van der Waals surface area contributed by atoms with Crippen LogP contribution in [0.25, 0.3) is 0 Å². The molecule has 2 aliphatic rings. The van der Waals surface area contributed by atoms with Gasteiger partial charge in [-0.15, -0.1) is 0 Å². The van der Waals surface area contributed by atoms with Crippen molar-refractivity contribution in [1.82, 2.24) is 15.5 Å². The maximum Gasteiger partial charge on any atom is 0.325 e. The van der Waals surface area contributed by atoms with Gasteiger partial charge in [0.1, 0.15) is 12.1 Å². The monoisotopic (exact) mass is 386 g/mol. The summed E-state index contributed by atoms with van der Waals surface area (Å²) in [7, 11) is 0. The number of hydrogen-bond donors (Lipinski definition) is 3. The van der Waals surface area contributed by atoms with Gasteiger partial charge >= 0.3 is 12.1 Å². The van der Waals surface area contributed by atoms with Crippen LogP contribution in [0.3, 0.4) is 0 Å². The lowest BCUT2D eigenvalue weighted by molar-refractivity contribution is -0.135.